The van der Waals surface area contributed by atoms with Gasteiger partial charge in [0.05, 0.1) is 12.7 Å². The number of urea groups is 1. The quantitative estimate of drug-likeness (QED) is 0.799. The first-order valence-electron chi connectivity index (χ1n) is 7.44. The highest BCUT2D eigenvalue weighted by atomic mass is 16.5. The Morgan fingerprint density at radius 3 is 2.67 bits per heavy atom. The summed E-state index contributed by atoms with van der Waals surface area (Å²) in [7, 11) is 1.62. The lowest BCUT2D eigenvalue weighted by Gasteiger charge is -2.32. The highest BCUT2D eigenvalue weighted by molar-refractivity contribution is 5.89. The molecule has 2 amide bonds. The Morgan fingerprint density at radius 1 is 1.33 bits per heavy atom. The molecule has 1 aromatic carbocycles. The van der Waals surface area contributed by atoms with Crippen molar-refractivity contribution in [1.29, 1.82) is 0 Å². The fourth-order valence-corrected chi connectivity index (χ4v) is 2.76. The SMILES string of the molecule is COc1ccc(NC(=O)NCC2(O)CCCCC2)cc1C. The third-order valence-corrected chi connectivity index (χ3v) is 4.01. The monoisotopic (exact) mass is 292 g/mol. The Labute approximate surface area is 125 Å². The number of aliphatic hydroxyl groups is 1. The number of nitrogens with one attached hydrogen (secondary N) is 2. The second-order valence-electron chi connectivity index (χ2n) is 5.78. The Morgan fingerprint density at radius 2 is 2.05 bits per heavy atom. The van der Waals surface area contributed by atoms with E-state index in [1.165, 1.54) is 6.42 Å². The summed E-state index contributed by atoms with van der Waals surface area (Å²) in [5.41, 5.74) is 0.924. The van der Waals surface area contributed by atoms with E-state index in [4.69, 9.17) is 4.74 Å². The number of amides is 2. The number of benzene rings is 1. The van der Waals surface area contributed by atoms with Crippen molar-refractivity contribution in [1.82, 2.24) is 5.32 Å². The van der Waals surface area contributed by atoms with Gasteiger partial charge in [-0.15, -0.1) is 0 Å². The van der Waals surface area contributed by atoms with Crippen LogP contribution in [0, 0.1) is 6.92 Å². The van der Waals surface area contributed by atoms with Gasteiger partial charge in [0.25, 0.3) is 0 Å². The number of hydrogen-bond donors (Lipinski definition) is 3. The smallest absolute Gasteiger partial charge is 0.319 e. The molecule has 5 nitrogen and oxygen atoms in total. The predicted octanol–water partition coefficient (Wildman–Crippen LogP) is 2.82. The average molecular weight is 292 g/mol. The molecule has 0 aromatic heterocycles. The van der Waals surface area contributed by atoms with Crippen LogP contribution in [0.3, 0.4) is 0 Å². The first kappa shape index (κ1) is 15.6. The Kier molecular flexibility index (Phi) is 5.07. The highest BCUT2D eigenvalue weighted by Crippen LogP contribution is 2.27. The lowest BCUT2D eigenvalue weighted by molar-refractivity contribution is 0.00755. The molecule has 0 radical (unpaired) electrons. The maximum atomic E-state index is 11.9. The lowest BCUT2D eigenvalue weighted by Crippen LogP contribution is -2.45. The van der Waals surface area contributed by atoms with Crippen LogP contribution in [0.2, 0.25) is 0 Å². The zero-order chi connectivity index (χ0) is 15.3. The van der Waals surface area contributed by atoms with Crippen molar-refractivity contribution < 1.29 is 14.6 Å². The molecule has 1 fully saturated rings. The van der Waals surface area contributed by atoms with E-state index in [0.717, 1.165) is 37.0 Å². The first-order chi connectivity index (χ1) is 10.0. The van der Waals surface area contributed by atoms with E-state index in [0.29, 0.717) is 12.2 Å². The van der Waals surface area contributed by atoms with Crippen molar-refractivity contribution in [2.75, 3.05) is 19.0 Å². The molecule has 0 atom stereocenters. The van der Waals surface area contributed by atoms with Gasteiger partial charge < -0.3 is 20.5 Å². The molecule has 0 saturated heterocycles. The van der Waals surface area contributed by atoms with E-state index in [1.54, 1.807) is 13.2 Å². The van der Waals surface area contributed by atoms with Crippen molar-refractivity contribution in [3.63, 3.8) is 0 Å². The molecule has 21 heavy (non-hydrogen) atoms. The summed E-state index contributed by atoms with van der Waals surface area (Å²) in [5.74, 6) is 0.789. The normalized spacial score (nSPS) is 17.1. The minimum Gasteiger partial charge on any atom is -0.496 e. The van der Waals surface area contributed by atoms with Crippen LogP contribution in [0.25, 0.3) is 0 Å². The summed E-state index contributed by atoms with van der Waals surface area (Å²) in [6.07, 6.45) is 4.73. The van der Waals surface area contributed by atoms with Crippen LogP contribution in [0.15, 0.2) is 18.2 Å². The van der Waals surface area contributed by atoms with E-state index in [2.05, 4.69) is 10.6 Å². The number of carbonyl (C=O) groups excluding carboxylic acids is 1. The number of methoxy groups -OCH3 is 1. The van der Waals surface area contributed by atoms with E-state index < -0.39 is 5.60 Å². The van der Waals surface area contributed by atoms with Gasteiger partial charge in [-0.25, -0.2) is 4.79 Å². The van der Waals surface area contributed by atoms with Crippen molar-refractivity contribution in [3.05, 3.63) is 23.8 Å². The highest BCUT2D eigenvalue weighted by Gasteiger charge is 2.29. The summed E-state index contributed by atoms with van der Waals surface area (Å²) in [6.45, 7) is 2.22. The third kappa shape index (κ3) is 4.36. The van der Waals surface area contributed by atoms with Crippen molar-refractivity contribution in [2.45, 2.75) is 44.6 Å². The van der Waals surface area contributed by atoms with E-state index in [9.17, 15) is 9.90 Å². The molecule has 5 heteroatoms. The zero-order valence-electron chi connectivity index (χ0n) is 12.7. The fourth-order valence-electron chi connectivity index (χ4n) is 2.76. The largest absolute Gasteiger partial charge is 0.496 e. The van der Waals surface area contributed by atoms with Crippen molar-refractivity contribution in [2.24, 2.45) is 0 Å². The third-order valence-electron chi connectivity index (χ3n) is 4.01. The van der Waals surface area contributed by atoms with Gasteiger partial charge in [0.1, 0.15) is 5.75 Å². The number of ether oxygens (including phenoxy) is 1. The van der Waals surface area contributed by atoms with Crippen molar-refractivity contribution in [3.8, 4) is 5.75 Å². The van der Waals surface area contributed by atoms with E-state index in [1.807, 2.05) is 19.1 Å². The summed E-state index contributed by atoms with van der Waals surface area (Å²) >= 11 is 0. The van der Waals surface area contributed by atoms with Gasteiger partial charge in [-0.2, -0.15) is 0 Å². The second-order valence-corrected chi connectivity index (χ2v) is 5.78. The minimum atomic E-state index is -0.745. The topological polar surface area (TPSA) is 70.6 Å². The molecule has 3 N–H and O–H groups in total. The number of aryl methyl sites for hydroxylation is 1. The van der Waals surface area contributed by atoms with Crippen molar-refractivity contribution >= 4 is 11.7 Å². The lowest BCUT2D eigenvalue weighted by atomic mass is 9.85. The minimum absolute atomic E-state index is 0.293. The van der Waals surface area contributed by atoms with E-state index >= 15 is 0 Å². The molecule has 1 aliphatic rings. The Balaban J connectivity index is 1.85. The van der Waals surface area contributed by atoms with Crippen LogP contribution >= 0.6 is 0 Å². The summed E-state index contributed by atoms with van der Waals surface area (Å²) < 4.78 is 5.18. The van der Waals surface area contributed by atoms with Gasteiger partial charge in [0.2, 0.25) is 0 Å². The molecule has 2 rings (SSSR count). The standard InChI is InChI=1S/C16H24N2O3/c1-12-10-13(6-7-14(12)21-2)18-15(19)17-11-16(20)8-4-3-5-9-16/h6-7,10,20H,3-5,8-9,11H2,1-2H3,(H2,17,18,19). The predicted molar refractivity (Wildman–Crippen MR) is 82.8 cm³/mol. The van der Waals surface area contributed by atoms with Crippen LogP contribution in [-0.2, 0) is 0 Å². The van der Waals surface area contributed by atoms with Crippen LogP contribution in [-0.4, -0.2) is 30.4 Å². The van der Waals surface area contributed by atoms with Gasteiger partial charge in [0.15, 0.2) is 0 Å². The number of anilines is 1. The molecule has 0 bridgehead atoms. The molecule has 1 aliphatic carbocycles. The maximum Gasteiger partial charge on any atom is 0.319 e. The maximum absolute atomic E-state index is 11.9. The summed E-state index contributed by atoms with van der Waals surface area (Å²) in [6, 6.07) is 5.17. The van der Waals surface area contributed by atoms with Gasteiger partial charge in [0, 0.05) is 12.2 Å². The Hall–Kier alpha value is -1.75. The van der Waals surface area contributed by atoms with E-state index in [-0.39, 0.29) is 6.03 Å². The first-order valence-corrected chi connectivity index (χ1v) is 7.44. The number of carbonyl (C=O) groups is 1. The van der Waals surface area contributed by atoms with Crippen LogP contribution in [0.5, 0.6) is 5.75 Å². The summed E-state index contributed by atoms with van der Waals surface area (Å²) in [4.78, 5) is 11.9. The molecular weight excluding hydrogens is 268 g/mol. The zero-order valence-corrected chi connectivity index (χ0v) is 12.7. The van der Waals surface area contributed by atoms with Gasteiger partial charge in [-0.1, -0.05) is 19.3 Å². The second kappa shape index (κ2) is 6.80. The molecule has 0 spiro atoms. The molecule has 1 saturated carbocycles. The Bertz CT molecular complexity index is 496. The van der Waals surface area contributed by atoms with Gasteiger partial charge >= 0.3 is 6.03 Å². The molecule has 0 heterocycles. The van der Waals surface area contributed by atoms with Crippen LogP contribution in [0.1, 0.15) is 37.7 Å². The van der Waals surface area contributed by atoms with Crippen LogP contribution < -0.4 is 15.4 Å². The number of hydrogen-bond acceptors (Lipinski definition) is 3. The molecule has 0 unspecified atom stereocenters. The average Bonchev–Trinajstić information content (AvgIpc) is 2.46. The van der Waals surface area contributed by atoms with Gasteiger partial charge in [-0.3, -0.25) is 0 Å². The van der Waals surface area contributed by atoms with Crippen LogP contribution in [0.4, 0.5) is 10.5 Å². The number of rotatable bonds is 4. The van der Waals surface area contributed by atoms with Gasteiger partial charge in [-0.05, 0) is 43.5 Å². The molecule has 116 valence electrons. The molecular formula is C16H24N2O3. The molecule has 0 aliphatic heterocycles. The fraction of sp³-hybridized carbons (Fsp3) is 0.562. The molecule has 1 aromatic rings. The summed E-state index contributed by atoms with van der Waals surface area (Å²) in [5, 5.41) is 15.9.